The van der Waals surface area contributed by atoms with Crippen LogP contribution in [0.4, 0.5) is 5.82 Å². The molecule has 1 aromatic rings. The molecule has 0 bridgehead atoms. The minimum Gasteiger partial charge on any atom is -0.366 e. The Kier molecular flexibility index (Phi) is 3.74. The Hall–Kier alpha value is -1.76. The molecule has 0 fully saturated rings. The van der Waals surface area contributed by atoms with Gasteiger partial charge < -0.3 is 10.3 Å². The van der Waals surface area contributed by atoms with Gasteiger partial charge in [-0.15, -0.1) is 12.3 Å². The standard InChI is InChI=1S/C10H13N3O/c1-3-5-8(4-2)13-9-6-10(14)12-7-11-9/h1,6-8H,4-5H2,2H3,(H2,11,12,13,14). The highest BCUT2D eigenvalue weighted by molar-refractivity contribution is 5.33. The number of nitrogens with zero attached hydrogens (tertiary/aromatic N) is 1. The number of nitrogens with one attached hydrogen (secondary N) is 2. The molecule has 1 unspecified atom stereocenters. The Bertz CT molecular complexity index is 377. The van der Waals surface area contributed by atoms with Crippen LogP contribution in [0.1, 0.15) is 19.8 Å². The Labute approximate surface area is 82.8 Å². The predicted octanol–water partition coefficient (Wildman–Crippen LogP) is 0.984. The molecule has 0 aliphatic heterocycles. The van der Waals surface area contributed by atoms with Crippen LogP contribution in [0.2, 0.25) is 0 Å². The molecule has 74 valence electrons. The number of anilines is 1. The zero-order valence-electron chi connectivity index (χ0n) is 8.08. The summed E-state index contributed by atoms with van der Waals surface area (Å²) in [5.74, 6) is 3.14. The van der Waals surface area contributed by atoms with Gasteiger partial charge in [0.1, 0.15) is 5.82 Å². The summed E-state index contributed by atoms with van der Waals surface area (Å²) in [6, 6.07) is 1.59. The number of aromatic nitrogens is 2. The van der Waals surface area contributed by atoms with E-state index in [0.29, 0.717) is 12.2 Å². The first-order chi connectivity index (χ1) is 6.76. The first-order valence-electron chi connectivity index (χ1n) is 4.51. The molecular weight excluding hydrogens is 178 g/mol. The summed E-state index contributed by atoms with van der Waals surface area (Å²) < 4.78 is 0. The molecule has 0 spiro atoms. The molecule has 0 amide bonds. The SMILES string of the molecule is C#CCC(CC)Nc1cc(=O)[nH]cn1. The molecule has 1 aromatic heterocycles. The number of aromatic amines is 1. The van der Waals surface area contributed by atoms with Gasteiger partial charge in [0.2, 0.25) is 0 Å². The Morgan fingerprint density at radius 2 is 2.57 bits per heavy atom. The van der Waals surface area contributed by atoms with Crippen LogP contribution >= 0.6 is 0 Å². The molecule has 4 nitrogen and oxygen atoms in total. The van der Waals surface area contributed by atoms with Gasteiger partial charge in [-0.05, 0) is 6.42 Å². The van der Waals surface area contributed by atoms with Crippen molar-refractivity contribution in [2.45, 2.75) is 25.8 Å². The van der Waals surface area contributed by atoms with Crippen molar-refractivity contribution in [2.75, 3.05) is 5.32 Å². The van der Waals surface area contributed by atoms with Crippen LogP contribution in [-0.2, 0) is 0 Å². The van der Waals surface area contributed by atoms with E-state index in [2.05, 4.69) is 21.2 Å². The lowest BCUT2D eigenvalue weighted by molar-refractivity contribution is 0.711. The van der Waals surface area contributed by atoms with E-state index < -0.39 is 0 Å². The van der Waals surface area contributed by atoms with Crippen molar-refractivity contribution < 1.29 is 0 Å². The molecule has 0 aliphatic rings. The second-order valence-corrected chi connectivity index (χ2v) is 2.95. The molecular formula is C10H13N3O. The van der Waals surface area contributed by atoms with E-state index in [1.165, 1.54) is 12.4 Å². The van der Waals surface area contributed by atoms with Gasteiger partial charge in [0.25, 0.3) is 5.56 Å². The summed E-state index contributed by atoms with van der Waals surface area (Å²) >= 11 is 0. The predicted molar refractivity (Wildman–Crippen MR) is 56.0 cm³/mol. The first-order valence-corrected chi connectivity index (χ1v) is 4.51. The van der Waals surface area contributed by atoms with E-state index in [1.54, 1.807) is 0 Å². The molecule has 1 rings (SSSR count). The number of H-pyrrole nitrogens is 1. The Morgan fingerprint density at radius 3 is 3.14 bits per heavy atom. The largest absolute Gasteiger partial charge is 0.366 e. The highest BCUT2D eigenvalue weighted by Crippen LogP contribution is 2.05. The third-order valence-corrected chi connectivity index (χ3v) is 1.89. The van der Waals surface area contributed by atoms with Crippen LogP contribution in [0.15, 0.2) is 17.2 Å². The van der Waals surface area contributed by atoms with Gasteiger partial charge in [0.05, 0.1) is 6.33 Å². The zero-order chi connectivity index (χ0) is 10.4. The maximum Gasteiger partial charge on any atom is 0.252 e. The fraction of sp³-hybridized carbons (Fsp3) is 0.400. The first kappa shape index (κ1) is 10.3. The summed E-state index contributed by atoms with van der Waals surface area (Å²) in [5.41, 5.74) is -0.168. The summed E-state index contributed by atoms with van der Waals surface area (Å²) in [7, 11) is 0. The van der Waals surface area contributed by atoms with Crippen molar-refractivity contribution in [1.82, 2.24) is 9.97 Å². The van der Waals surface area contributed by atoms with E-state index >= 15 is 0 Å². The van der Waals surface area contributed by atoms with Gasteiger partial charge in [-0.3, -0.25) is 4.79 Å². The molecule has 0 aliphatic carbocycles. The van der Waals surface area contributed by atoms with E-state index in [9.17, 15) is 4.79 Å². The lowest BCUT2D eigenvalue weighted by atomic mass is 10.1. The van der Waals surface area contributed by atoms with Gasteiger partial charge in [-0.25, -0.2) is 4.98 Å². The fourth-order valence-electron chi connectivity index (χ4n) is 1.10. The molecule has 4 heteroatoms. The molecule has 0 saturated heterocycles. The number of hydrogen-bond donors (Lipinski definition) is 2. The average Bonchev–Trinajstić information content (AvgIpc) is 2.17. The van der Waals surface area contributed by atoms with Crippen LogP contribution in [0.3, 0.4) is 0 Å². The van der Waals surface area contributed by atoms with Crippen LogP contribution < -0.4 is 10.9 Å². The maximum absolute atomic E-state index is 10.9. The number of rotatable bonds is 4. The van der Waals surface area contributed by atoms with E-state index in [4.69, 9.17) is 6.42 Å². The second kappa shape index (κ2) is 5.07. The molecule has 14 heavy (non-hydrogen) atoms. The Morgan fingerprint density at radius 1 is 1.79 bits per heavy atom. The van der Waals surface area contributed by atoms with Crippen LogP contribution in [0, 0.1) is 12.3 Å². The van der Waals surface area contributed by atoms with E-state index in [-0.39, 0.29) is 11.6 Å². The van der Waals surface area contributed by atoms with Crippen molar-refractivity contribution in [3.63, 3.8) is 0 Å². The topological polar surface area (TPSA) is 57.8 Å². The molecule has 1 atom stereocenters. The zero-order valence-corrected chi connectivity index (χ0v) is 8.08. The van der Waals surface area contributed by atoms with Crippen LogP contribution in [-0.4, -0.2) is 16.0 Å². The van der Waals surface area contributed by atoms with Gasteiger partial charge in [-0.2, -0.15) is 0 Å². The number of hydrogen-bond acceptors (Lipinski definition) is 3. The number of terminal acetylenes is 1. The molecule has 0 radical (unpaired) electrons. The quantitative estimate of drug-likeness (QED) is 0.697. The fourth-order valence-corrected chi connectivity index (χ4v) is 1.10. The third kappa shape index (κ3) is 2.94. The van der Waals surface area contributed by atoms with Crippen molar-refractivity contribution >= 4 is 5.82 Å². The molecule has 0 aromatic carbocycles. The van der Waals surface area contributed by atoms with Crippen molar-refractivity contribution in [2.24, 2.45) is 0 Å². The van der Waals surface area contributed by atoms with E-state index in [0.717, 1.165) is 6.42 Å². The maximum atomic E-state index is 10.9. The third-order valence-electron chi connectivity index (χ3n) is 1.89. The second-order valence-electron chi connectivity index (χ2n) is 2.95. The van der Waals surface area contributed by atoms with Crippen molar-refractivity contribution in [3.8, 4) is 12.3 Å². The highest BCUT2D eigenvalue weighted by atomic mass is 16.1. The molecule has 1 heterocycles. The summed E-state index contributed by atoms with van der Waals surface area (Å²) in [5, 5.41) is 3.10. The normalized spacial score (nSPS) is 11.7. The Balaban J connectivity index is 2.68. The minimum atomic E-state index is -0.168. The van der Waals surface area contributed by atoms with Crippen molar-refractivity contribution in [1.29, 1.82) is 0 Å². The average molecular weight is 191 g/mol. The monoisotopic (exact) mass is 191 g/mol. The minimum absolute atomic E-state index is 0.168. The van der Waals surface area contributed by atoms with E-state index in [1.807, 2.05) is 6.92 Å². The molecule has 2 N–H and O–H groups in total. The smallest absolute Gasteiger partial charge is 0.252 e. The van der Waals surface area contributed by atoms with Gasteiger partial charge in [0.15, 0.2) is 0 Å². The lowest BCUT2D eigenvalue weighted by Crippen LogP contribution is -2.20. The molecule has 0 saturated carbocycles. The van der Waals surface area contributed by atoms with Gasteiger partial charge >= 0.3 is 0 Å². The summed E-state index contributed by atoms with van der Waals surface area (Å²) in [6.45, 7) is 2.03. The summed E-state index contributed by atoms with van der Waals surface area (Å²) in [4.78, 5) is 17.4. The van der Waals surface area contributed by atoms with Crippen LogP contribution in [0.25, 0.3) is 0 Å². The van der Waals surface area contributed by atoms with Crippen LogP contribution in [0.5, 0.6) is 0 Å². The van der Waals surface area contributed by atoms with Gasteiger partial charge in [0, 0.05) is 18.5 Å². The van der Waals surface area contributed by atoms with Crippen molar-refractivity contribution in [3.05, 3.63) is 22.7 Å². The highest BCUT2D eigenvalue weighted by Gasteiger charge is 2.04. The summed E-state index contributed by atoms with van der Waals surface area (Å²) in [6.07, 6.45) is 8.11. The lowest BCUT2D eigenvalue weighted by Gasteiger charge is -2.13. The van der Waals surface area contributed by atoms with Gasteiger partial charge in [-0.1, -0.05) is 6.92 Å².